The summed E-state index contributed by atoms with van der Waals surface area (Å²) < 4.78 is 9.74. The molecular weight excluding hydrogens is 504 g/mol. The van der Waals surface area contributed by atoms with Gasteiger partial charge in [-0.25, -0.2) is 14.5 Å². The molecule has 0 spiro atoms. The Morgan fingerprint density at radius 2 is 1.52 bits per heavy atom. The molecule has 0 amide bonds. The van der Waals surface area contributed by atoms with Crippen LogP contribution in [0.15, 0.2) is 99.6 Å². The third kappa shape index (κ3) is 4.12. The van der Waals surface area contributed by atoms with Gasteiger partial charge in [-0.3, -0.25) is 13.9 Å². The molecule has 6 rings (SSSR count). The fraction of sp³-hybridized carbons (Fsp3) is 0.161. The third-order valence-corrected chi connectivity index (χ3v) is 7.28. The maximum atomic E-state index is 13.8. The Morgan fingerprint density at radius 3 is 2.20 bits per heavy atom. The van der Waals surface area contributed by atoms with E-state index in [0.29, 0.717) is 17.1 Å². The van der Waals surface area contributed by atoms with Gasteiger partial charge < -0.3 is 9.64 Å². The van der Waals surface area contributed by atoms with Crippen LogP contribution in [-0.2, 0) is 14.1 Å². The molecule has 0 aliphatic carbocycles. The number of benzene rings is 3. The first kappa shape index (κ1) is 25.1. The minimum absolute atomic E-state index is 0.324. The van der Waals surface area contributed by atoms with Crippen molar-refractivity contribution in [2.24, 2.45) is 19.1 Å². The fourth-order valence-corrected chi connectivity index (χ4v) is 5.09. The summed E-state index contributed by atoms with van der Waals surface area (Å²) in [4.78, 5) is 33.2. The Balaban J connectivity index is 1.66. The molecule has 0 N–H and O–H groups in total. The van der Waals surface area contributed by atoms with Crippen molar-refractivity contribution in [3.8, 4) is 22.7 Å². The molecule has 2 aromatic heterocycles. The molecule has 0 saturated carbocycles. The molecule has 1 atom stereocenters. The average Bonchev–Trinajstić information content (AvgIpc) is 3.44. The lowest BCUT2D eigenvalue weighted by molar-refractivity contribution is 0.415. The largest absolute Gasteiger partial charge is 0.497 e. The zero-order chi connectivity index (χ0) is 28.0. The first-order valence-electron chi connectivity index (χ1n) is 12.9. The van der Waals surface area contributed by atoms with E-state index in [1.54, 1.807) is 20.5 Å². The number of methoxy groups -OCH3 is 1. The predicted octanol–water partition coefficient (Wildman–Crippen LogP) is 4.52. The normalized spacial score (nSPS) is 14.3. The number of fused-ring (bicyclic) bond motifs is 1. The maximum absolute atomic E-state index is 13.8. The van der Waals surface area contributed by atoms with Gasteiger partial charge in [-0.05, 0) is 43.3 Å². The highest BCUT2D eigenvalue weighted by Gasteiger charge is 2.36. The number of aliphatic imine (C=N–C) groups is 1. The van der Waals surface area contributed by atoms with Crippen LogP contribution in [0.2, 0.25) is 0 Å². The Morgan fingerprint density at radius 1 is 0.825 bits per heavy atom. The number of aromatic nitrogens is 4. The topological polar surface area (TPSA) is 86.6 Å². The fourth-order valence-electron chi connectivity index (χ4n) is 5.09. The SMILES string of the molecule is COc1ccc(N2C=Nc3c(c(=O)n(C)c(=O)n3C)C2c2cn(-c3ccccc3)nc2-c2ccc(C)cc2)cc1. The van der Waals surface area contributed by atoms with Crippen molar-refractivity contribution >= 4 is 17.8 Å². The van der Waals surface area contributed by atoms with Gasteiger partial charge in [0.2, 0.25) is 0 Å². The second-order valence-electron chi connectivity index (χ2n) is 9.77. The molecule has 9 nitrogen and oxygen atoms in total. The number of anilines is 1. The van der Waals surface area contributed by atoms with Gasteiger partial charge in [0.15, 0.2) is 0 Å². The summed E-state index contributed by atoms with van der Waals surface area (Å²) in [5, 5.41) is 5.02. The summed E-state index contributed by atoms with van der Waals surface area (Å²) in [6, 6.07) is 24.9. The minimum Gasteiger partial charge on any atom is -0.497 e. The molecule has 3 aromatic carbocycles. The first-order valence-corrected chi connectivity index (χ1v) is 12.9. The lowest BCUT2D eigenvalue weighted by atomic mass is 9.94. The molecule has 1 aliphatic heterocycles. The van der Waals surface area contributed by atoms with Gasteiger partial charge in [0.1, 0.15) is 11.6 Å². The van der Waals surface area contributed by atoms with E-state index < -0.39 is 17.3 Å². The standard InChI is InChI=1S/C31H28N6O3/c1-20-10-12-21(13-11-20)27-25(18-37(33-27)23-8-6-5-7-9-23)28-26-29(34(2)31(39)35(3)30(26)38)32-19-36(28)22-14-16-24(40-4)17-15-22/h5-19,28H,1-4H3. The second-order valence-corrected chi connectivity index (χ2v) is 9.77. The number of ether oxygens (including phenoxy) is 1. The average molecular weight is 533 g/mol. The van der Waals surface area contributed by atoms with Crippen LogP contribution in [0.4, 0.5) is 11.5 Å². The third-order valence-electron chi connectivity index (χ3n) is 7.28. The highest BCUT2D eigenvalue weighted by molar-refractivity contribution is 5.87. The molecule has 40 heavy (non-hydrogen) atoms. The van der Waals surface area contributed by atoms with Crippen molar-refractivity contribution < 1.29 is 4.74 Å². The number of rotatable bonds is 5. The molecule has 0 fully saturated rings. The van der Waals surface area contributed by atoms with Crippen molar-refractivity contribution in [1.29, 1.82) is 0 Å². The van der Waals surface area contributed by atoms with E-state index in [-0.39, 0.29) is 0 Å². The molecule has 0 saturated heterocycles. The first-order chi connectivity index (χ1) is 19.4. The summed E-state index contributed by atoms with van der Waals surface area (Å²) in [7, 11) is 4.74. The van der Waals surface area contributed by atoms with Gasteiger partial charge in [-0.1, -0.05) is 48.0 Å². The molecule has 0 radical (unpaired) electrons. The van der Waals surface area contributed by atoms with Crippen molar-refractivity contribution in [1.82, 2.24) is 18.9 Å². The predicted molar refractivity (Wildman–Crippen MR) is 156 cm³/mol. The van der Waals surface area contributed by atoms with Crippen LogP contribution in [0.1, 0.15) is 22.7 Å². The number of hydrogen-bond donors (Lipinski definition) is 0. The Kier molecular flexibility index (Phi) is 6.18. The van der Waals surface area contributed by atoms with Crippen molar-refractivity contribution in [2.75, 3.05) is 12.0 Å². The van der Waals surface area contributed by atoms with Crippen LogP contribution >= 0.6 is 0 Å². The summed E-state index contributed by atoms with van der Waals surface area (Å²) in [6.45, 7) is 2.04. The van der Waals surface area contributed by atoms with Crippen LogP contribution in [0.3, 0.4) is 0 Å². The van der Waals surface area contributed by atoms with Crippen molar-refractivity contribution in [3.05, 3.63) is 123 Å². The summed E-state index contributed by atoms with van der Waals surface area (Å²) in [6.07, 6.45) is 3.63. The molecule has 3 heterocycles. The molecule has 1 unspecified atom stereocenters. The summed E-state index contributed by atoms with van der Waals surface area (Å²) in [5.74, 6) is 1.04. The highest BCUT2D eigenvalue weighted by atomic mass is 16.5. The molecular formula is C31H28N6O3. The van der Waals surface area contributed by atoms with Crippen LogP contribution in [0.25, 0.3) is 16.9 Å². The van der Waals surface area contributed by atoms with Crippen molar-refractivity contribution in [3.63, 3.8) is 0 Å². The molecule has 1 aliphatic rings. The van der Waals surface area contributed by atoms with Gasteiger partial charge in [0, 0.05) is 37.1 Å². The second kappa shape index (κ2) is 9.85. The van der Waals surface area contributed by atoms with E-state index >= 15 is 0 Å². The van der Waals surface area contributed by atoms with E-state index in [2.05, 4.69) is 4.99 Å². The Labute approximate surface area is 230 Å². The lowest BCUT2D eigenvalue weighted by Crippen LogP contribution is -2.44. The summed E-state index contributed by atoms with van der Waals surface area (Å²) >= 11 is 0. The van der Waals surface area contributed by atoms with Crippen LogP contribution in [0, 0.1) is 6.92 Å². The van der Waals surface area contributed by atoms with Gasteiger partial charge >= 0.3 is 5.69 Å². The smallest absolute Gasteiger partial charge is 0.332 e. The number of aryl methyl sites for hydroxylation is 1. The Bertz CT molecular complexity index is 1850. The van der Waals surface area contributed by atoms with Crippen LogP contribution in [-0.4, -0.2) is 32.4 Å². The number of nitrogens with zero attached hydrogens (tertiary/aromatic N) is 6. The summed E-state index contributed by atoms with van der Waals surface area (Å²) in [5.41, 5.74) is 4.81. The van der Waals surface area contributed by atoms with Crippen LogP contribution in [0.5, 0.6) is 5.75 Å². The molecule has 0 bridgehead atoms. The van der Waals surface area contributed by atoms with E-state index in [9.17, 15) is 9.59 Å². The van der Waals surface area contributed by atoms with Crippen molar-refractivity contribution in [2.45, 2.75) is 13.0 Å². The zero-order valence-electron chi connectivity index (χ0n) is 22.6. The van der Waals surface area contributed by atoms with Gasteiger partial charge in [-0.15, -0.1) is 0 Å². The maximum Gasteiger partial charge on any atom is 0.332 e. The van der Waals surface area contributed by atoms with Gasteiger partial charge in [-0.2, -0.15) is 5.10 Å². The highest BCUT2D eigenvalue weighted by Crippen LogP contribution is 2.41. The minimum atomic E-state index is -0.625. The van der Waals surface area contributed by atoms with Crippen LogP contribution < -0.4 is 20.9 Å². The van der Waals surface area contributed by atoms with Gasteiger partial charge in [0.25, 0.3) is 5.56 Å². The number of hydrogen-bond acceptors (Lipinski definition) is 6. The molecule has 200 valence electrons. The lowest BCUT2D eigenvalue weighted by Gasteiger charge is -2.34. The zero-order valence-corrected chi connectivity index (χ0v) is 22.6. The van der Waals surface area contributed by atoms with Gasteiger partial charge in [0.05, 0.1) is 36.4 Å². The monoisotopic (exact) mass is 532 g/mol. The van der Waals surface area contributed by atoms with E-state index in [4.69, 9.17) is 9.84 Å². The quantitative estimate of drug-likeness (QED) is 0.332. The van der Waals surface area contributed by atoms with E-state index in [1.807, 2.05) is 102 Å². The Hall–Kier alpha value is -5.18. The van der Waals surface area contributed by atoms with E-state index in [1.165, 1.54) is 11.6 Å². The van der Waals surface area contributed by atoms with E-state index in [0.717, 1.165) is 38.3 Å². The molecule has 5 aromatic rings. The molecule has 9 heteroatoms. The number of para-hydroxylation sites is 1.